The lowest BCUT2D eigenvalue weighted by Crippen LogP contribution is -2.16. The van der Waals surface area contributed by atoms with Gasteiger partial charge in [0.05, 0.1) is 19.4 Å². The summed E-state index contributed by atoms with van der Waals surface area (Å²) in [5.74, 6) is 0.643. The van der Waals surface area contributed by atoms with Gasteiger partial charge in [-0.25, -0.2) is 5.43 Å². The number of rotatable bonds is 7. The fourth-order valence-corrected chi connectivity index (χ4v) is 2.64. The Morgan fingerprint density at radius 2 is 2.00 bits per heavy atom. The van der Waals surface area contributed by atoms with Crippen molar-refractivity contribution < 1.29 is 14.3 Å². The van der Waals surface area contributed by atoms with Gasteiger partial charge in [-0.1, -0.05) is 28.1 Å². The molecule has 0 spiro atoms. The van der Waals surface area contributed by atoms with Crippen molar-refractivity contribution in [2.75, 3.05) is 7.11 Å². The molecule has 0 aliphatic carbocycles. The third-order valence-corrected chi connectivity index (χ3v) is 4.44. The monoisotopic (exact) mass is 479 g/mol. The van der Waals surface area contributed by atoms with Crippen molar-refractivity contribution >= 4 is 44.0 Å². The second-order valence-corrected chi connectivity index (χ2v) is 6.84. The summed E-state index contributed by atoms with van der Waals surface area (Å²) >= 11 is 6.84. The smallest absolute Gasteiger partial charge is 0.254 e. The first kappa shape index (κ1) is 19.9. The molecular formula is C18H15Br2N3O3. The lowest BCUT2D eigenvalue weighted by atomic mass is 10.2. The Morgan fingerprint density at radius 1 is 1.27 bits per heavy atom. The number of carbonyl (C=O) groups excluding carboxylic acids is 1. The largest absolute Gasteiger partial charge is 0.493 e. The number of ether oxygens (including phenoxy) is 2. The fraction of sp³-hybridized carbons (Fsp3) is 0.167. The van der Waals surface area contributed by atoms with Crippen molar-refractivity contribution in [2.45, 2.75) is 13.0 Å². The third-order valence-electron chi connectivity index (χ3n) is 3.22. The normalized spacial score (nSPS) is 10.4. The van der Waals surface area contributed by atoms with Gasteiger partial charge in [-0.05, 0) is 45.8 Å². The second kappa shape index (κ2) is 9.94. The van der Waals surface area contributed by atoms with E-state index in [0.29, 0.717) is 23.7 Å². The van der Waals surface area contributed by atoms with Crippen LogP contribution in [0.4, 0.5) is 0 Å². The summed E-state index contributed by atoms with van der Waals surface area (Å²) in [6, 6.07) is 13.1. The molecule has 2 rings (SSSR count). The maximum absolute atomic E-state index is 11.2. The number of methoxy groups -OCH3 is 1. The Hall–Kier alpha value is -2.37. The molecule has 0 aliphatic rings. The first-order chi connectivity index (χ1) is 12.5. The van der Waals surface area contributed by atoms with Crippen LogP contribution in [0.15, 0.2) is 50.4 Å². The molecule has 2 aromatic carbocycles. The van der Waals surface area contributed by atoms with Crippen LogP contribution in [0.1, 0.15) is 17.5 Å². The van der Waals surface area contributed by atoms with Crippen LogP contribution < -0.4 is 14.9 Å². The number of nitrogens with zero attached hydrogens (tertiary/aromatic N) is 2. The van der Waals surface area contributed by atoms with Crippen LogP contribution in [0.5, 0.6) is 11.5 Å². The molecule has 0 aromatic heterocycles. The number of halogens is 2. The number of carbonyl (C=O) groups is 1. The van der Waals surface area contributed by atoms with Crippen LogP contribution in [-0.4, -0.2) is 19.2 Å². The van der Waals surface area contributed by atoms with Gasteiger partial charge < -0.3 is 9.47 Å². The van der Waals surface area contributed by atoms with E-state index in [0.717, 1.165) is 14.5 Å². The summed E-state index contributed by atoms with van der Waals surface area (Å²) < 4.78 is 12.9. The van der Waals surface area contributed by atoms with Crippen molar-refractivity contribution in [3.8, 4) is 17.6 Å². The van der Waals surface area contributed by atoms with Crippen LogP contribution in [0.25, 0.3) is 0 Å². The molecule has 0 heterocycles. The highest BCUT2D eigenvalue weighted by molar-refractivity contribution is 9.10. The van der Waals surface area contributed by atoms with E-state index in [1.165, 1.54) is 6.21 Å². The lowest BCUT2D eigenvalue weighted by Gasteiger charge is -2.13. The van der Waals surface area contributed by atoms with E-state index >= 15 is 0 Å². The molecule has 0 unspecified atom stereocenters. The van der Waals surface area contributed by atoms with Gasteiger partial charge in [0.15, 0.2) is 11.5 Å². The topological polar surface area (TPSA) is 83.7 Å². The third kappa shape index (κ3) is 5.86. The van der Waals surface area contributed by atoms with Crippen molar-refractivity contribution in [3.05, 3.63) is 56.5 Å². The number of hydrogen-bond acceptors (Lipinski definition) is 5. The highest BCUT2D eigenvalue weighted by atomic mass is 79.9. The van der Waals surface area contributed by atoms with Crippen LogP contribution in [0.2, 0.25) is 0 Å². The van der Waals surface area contributed by atoms with Crippen LogP contribution >= 0.6 is 31.9 Å². The zero-order chi connectivity index (χ0) is 18.9. The molecule has 1 amide bonds. The minimum absolute atomic E-state index is 0.245. The van der Waals surface area contributed by atoms with Crippen LogP contribution in [0, 0.1) is 11.3 Å². The molecule has 26 heavy (non-hydrogen) atoms. The SMILES string of the molecule is COc1cc(C=NNC(=O)CC#N)c(Br)cc1OCc1ccc(Br)cc1. The van der Waals surface area contributed by atoms with Crippen molar-refractivity contribution in [2.24, 2.45) is 5.10 Å². The molecule has 1 N–H and O–H groups in total. The molecule has 2 aromatic rings. The Kier molecular flexibility index (Phi) is 7.63. The Bertz CT molecular complexity index is 846. The maximum atomic E-state index is 11.2. The molecule has 0 saturated heterocycles. The quantitative estimate of drug-likeness (QED) is 0.476. The van der Waals surface area contributed by atoms with Gasteiger partial charge in [-0.2, -0.15) is 10.4 Å². The number of benzene rings is 2. The van der Waals surface area contributed by atoms with E-state index in [9.17, 15) is 4.79 Å². The van der Waals surface area contributed by atoms with E-state index in [1.807, 2.05) is 24.3 Å². The summed E-state index contributed by atoms with van der Waals surface area (Å²) in [5, 5.41) is 12.3. The van der Waals surface area contributed by atoms with E-state index in [4.69, 9.17) is 14.7 Å². The van der Waals surface area contributed by atoms with E-state index < -0.39 is 5.91 Å². The number of amides is 1. The average molecular weight is 481 g/mol. The van der Waals surface area contributed by atoms with Crippen LogP contribution in [0.3, 0.4) is 0 Å². The Labute approximate surface area is 168 Å². The van der Waals surface area contributed by atoms with E-state index in [2.05, 4.69) is 42.4 Å². The van der Waals surface area contributed by atoms with Gasteiger partial charge in [0, 0.05) is 14.5 Å². The molecule has 8 heteroatoms. The molecule has 0 bridgehead atoms. The maximum Gasteiger partial charge on any atom is 0.254 e. The van der Waals surface area contributed by atoms with Gasteiger partial charge in [0.2, 0.25) is 0 Å². The standard InChI is InChI=1S/C18H15Br2N3O3/c1-25-16-8-13(10-22-23-18(24)6-7-21)15(20)9-17(16)26-11-12-2-4-14(19)5-3-12/h2-5,8-10H,6,11H2,1H3,(H,23,24). The number of hydrogen-bond donors (Lipinski definition) is 1. The molecule has 0 saturated carbocycles. The minimum atomic E-state index is -0.471. The number of hydrazone groups is 1. The van der Waals surface area contributed by atoms with Gasteiger partial charge >= 0.3 is 0 Å². The van der Waals surface area contributed by atoms with Crippen molar-refractivity contribution in [1.82, 2.24) is 5.43 Å². The summed E-state index contributed by atoms with van der Waals surface area (Å²) in [4.78, 5) is 11.2. The Morgan fingerprint density at radius 3 is 2.65 bits per heavy atom. The minimum Gasteiger partial charge on any atom is -0.493 e. The second-order valence-electron chi connectivity index (χ2n) is 5.07. The molecule has 6 nitrogen and oxygen atoms in total. The zero-order valence-corrected chi connectivity index (χ0v) is 17.0. The van der Waals surface area contributed by atoms with E-state index in [1.54, 1.807) is 25.3 Å². The Balaban J connectivity index is 2.10. The highest BCUT2D eigenvalue weighted by Crippen LogP contribution is 2.33. The van der Waals surface area contributed by atoms with Gasteiger partial charge in [0.25, 0.3) is 5.91 Å². The lowest BCUT2D eigenvalue weighted by molar-refractivity contribution is -0.120. The van der Waals surface area contributed by atoms with Gasteiger partial charge in [0.1, 0.15) is 13.0 Å². The average Bonchev–Trinajstić information content (AvgIpc) is 2.63. The zero-order valence-electron chi connectivity index (χ0n) is 13.8. The highest BCUT2D eigenvalue weighted by Gasteiger charge is 2.10. The molecule has 134 valence electrons. The fourth-order valence-electron chi connectivity index (χ4n) is 1.95. The number of nitriles is 1. The number of nitrogens with one attached hydrogen (secondary N) is 1. The predicted molar refractivity (Wildman–Crippen MR) is 105 cm³/mol. The molecule has 0 radical (unpaired) electrons. The summed E-state index contributed by atoms with van der Waals surface area (Å²) in [5.41, 5.74) is 3.99. The molecule has 0 atom stereocenters. The first-order valence-corrected chi connectivity index (χ1v) is 9.05. The molecular weight excluding hydrogens is 466 g/mol. The summed E-state index contributed by atoms with van der Waals surface area (Å²) in [6.07, 6.45) is 1.21. The van der Waals surface area contributed by atoms with E-state index in [-0.39, 0.29) is 6.42 Å². The van der Waals surface area contributed by atoms with Gasteiger partial charge in [-0.3, -0.25) is 4.79 Å². The summed E-state index contributed by atoms with van der Waals surface area (Å²) in [7, 11) is 1.55. The van der Waals surface area contributed by atoms with Crippen molar-refractivity contribution in [1.29, 1.82) is 5.26 Å². The van der Waals surface area contributed by atoms with Crippen molar-refractivity contribution in [3.63, 3.8) is 0 Å². The van der Waals surface area contributed by atoms with Crippen LogP contribution in [-0.2, 0) is 11.4 Å². The predicted octanol–water partition coefficient (Wildman–Crippen LogP) is 4.16. The first-order valence-electron chi connectivity index (χ1n) is 7.47. The molecule has 0 fully saturated rings. The van der Waals surface area contributed by atoms with Gasteiger partial charge in [-0.15, -0.1) is 0 Å². The summed E-state index contributed by atoms with van der Waals surface area (Å²) in [6.45, 7) is 0.397. The molecule has 0 aliphatic heterocycles.